The van der Waals surface area contributed by atoms with Gasteiger partial charge in [0.1, 0.15) is 0 Å². The van der Waals surface area contributed by atoms with Crippen LogP contribution in [0.25, 0.3) is 0 Å². The van der Waals surface area contributed by atoms with Crippen LogP contribution in [0.15, 0.2) is 41.1 Å². The van der Waals surface area contributed by atoms with Gasteiger partial charge in [-0.05, 0) is 43.6 Å². The predicted octanol–water partition coefficient (Wildman–Crippen LogP) is 3.38. The molecular formula is C14H15ClN2O2. The molecule has 0 bridgehead atoms. The average molecular weight is 279 g/mol. The number of halogens is 1. The summed E-state index contributed by atoms with van der Waals surface area (Å²) in [4.78, 5) is 18.4. The van der Waals surface area contributed by atoms with Gasteiger partial charge in [-0.3, -0.25) is 9.78 Å². The molecule has 19 heavy (non-hydrogen) atoms. The quantitative estimate of drug-likeness (QED) is 0.861. The number of hydrogen-bond donors (Lipinski definition) is 0. The lowest BCUT2D eigenvalue weighted by Crippen LogP contribution is -2.36. The predicted molar refractivity (Wildman–Crippen MR) is 73.0 cm³/mol. The number of hydrogen-bond acceptors (Lipinski definition) is 3. The molecule has 0 unspecified atom stereocenters. The number of aromatic nitrogens is 1. The standard InChI is InChI=1S/C14H15ClN2O2/c1-10(2)17(9-11-5-3-4-7-16-11)14(18)12-6-8-19-13(12)15/h3-8,10H,9H2,1-2H3. The molecule has 0 saturated heterocycles. The van der Waals surface area contributed by atoms with E-state index in [1.54, 1.807) is 17.2 Å². The van der Waals surface area contributed by atoms with E-state index in [2.05, 4.69) is 4.98 Å². The van der Waals surface area contributed by atoms with Crippen LogP contribution < -0.4 is 0 Å². The van der Waals surface area contributed by atoms with Gasteiger partial charge in [0.05, 0.1) is 24.1 Å². The van der Waals surface area contributed by atoms with Crippen molar-refractivity contribution in [1.82, 2.24) is 9.88 Å². The van der Waals surface area contributed by atoms with Crippen molar-refractivity contribution in [1.29, 1.82) is 0 Å². The van der Waals surface area contributed by atoms with Gasteiger partial charge in [0.15, 0.2) is 0 Å². The highest BCUT2D eigenvalue weighted by Gasteiger charge is 2.23. The molecule has 0 atom stereocenters. The summed E-state index contributed by atoms with van der Waals surface area (Å²) in [6.45, 7) is 4.35. The summed E-state index contributed by atoms with van der Waals surface area (Å²) in [6, 6.07) is 7.26. The summed E-state index contributed by atoms with van der Waals surface area (Å²) in [7, 11) is 0. The van der Waals surface area contributed by atoms with Crippen molar-refractivity contribution >= 4 is 17.5 Å². The molecular weight excluding hydrogens is 264 g/mol. The Morgan fingerprint density at radius 2 is 2.21 bits per heavy atom. The first-order valence-electron chi connectivity index (χ1n) is 6.03. The Labute approximate surface area is 117 Å². The zero-order chi connectivity index (χ0) is 13.8. The molecule has 0 aliphatic heterocycles. The van der Waals surface area contributed by atoms with Crippen molar-refractivity contribution in [3.8, 4) is 0 Å². The number of carbonyl (C=O) groups is 1. The molecule has 0 aromatic carbocycles. The van der Waals surface area contributed by atoms with Crippen LogP contribution in [0.2, 0.25) is 5.22 Å². The monoisotopic (exact) mass is 278 g/mol. The van der Waals surface area contributed by atoms with E-state index >= 15 is 0 Å². The van der Waals surface area contributed by atoms with Crippen LogP contribution >= 0.6 is 11.6 Å². The largest absolute Gasteiger partial charge is 0.452 e. The molecule has 0 spiro atoms. The van der Waals surface area contributed by atoms with Gasteiger partial charge < -0.3 is 9.32 Å². The molecule has 4 nitrogen and oxygen atoms in total. The number of pyridine rings is 1. The van der Waals surface area contributed by atoms with Gasteiger partial charge in [-0.1, -0.05) is 6.07 Å². The summed E-state index contributed by atoms with van der Waals surface area (Å²) in [5.41, 5.74) is 1.22. The third kappa shape index (κ3) is 3.15. The number of amides is 1. The van der Waals surface area contributed by atoms with Gasteiger partial charge in [0.2, 0.25) is 5.22 Å². The van der Waals surface area contributed by atoms with Crippen molar-refractivity contribution in [3.63, 3.8) is 0 Å². The molecule has 2 heterocycles. The Balaban J connectivity index is 2.22. The van der Waals surface area contributed by atoms with Gasteiger partial charge >= 0.3 is 0 Å². The molecule has 2 aromatic rings. The molecule has 0 fully saturated rings. The number of furan rings is 1. The van der Waals surface area contributed by atoms with Crippen molar-refractivity contribution in [3.05, 3.63) is 53.2 Å². The maximum atomic E-state index is 12.4. The van der Waals surface area contributed by atoms with Crippen LogP contribution in [0.1, 0.15) is 29.9 Å². The van der Waals surface area contributed by atoms with Gasteiger partial charge in [0, 0.05) is 12.2 Å². The van der Waals surface area contributed by atoms with E-state index in [0.29, 0.717) is 12.1 Å². The first-order valence-corrected chi connectivity index (χ1v) is 6.41. The van der Waals surface area contributed by atoms with Crippen molar-refractivity contribution < 1.29 is 9.21 Å². The van der Waals surface area contributed by atoms with E-state index in [1.807, 2.05) is 32.0 Å². The van der Waals surface area contributed by atoms with Crippen LogP contribution in [-0.2, 0) is 6.54 Å². The van der Waals surface area contributed by atoms with Gasteiger partial charge in [-0.15, -0.1) is 0 Å². The maximum absolute atomic E-state index is 12.4. The van der Waals surface area contributed by atoms with Gasteiger partial charge in [-0.2, -0.15) is 0 Å². The van der Waals surface area contributed by atoms with E-state index in [4.69, 9.17) is 16.0 Å². The second-order valence-corrected chi connectivity index (χ2v) is 4.80. The Morgan fingerprint density at radius 1 is 1.42 bits per heavy atom. The Kier molecular flexibility index (Phi) is 4.22. The number of nitrogens with zero attached hydrogens (tertiary/aromatic N) is 2. The Bertz CT molecular complexity index is 552. The van der Waals surface area contributed by atoms with Crippen LogP contribution in [-0.4, -0.2) is 21.8 Å². The zero-order valence-electron chi connectivity index (χ0n) is 10.8. The number of rotatable bonds is 4. The minimum absolute atomic E-state index is 0.0421. The maximum Gasteiger partial charge on any atom is 0.259 e. The molecule has 0 aliphatic rings. The lowest BCUT2D eigenvalue weighted by atomic mass is 10.2. The molecule has 0 radical (unpaired) electrons. The second-order valence-electron chi connectivity index (χ2n) is 4.46. The van der Waals surface area contributed by atoms with Crippen LogP contribution in [0.3, 0.4) is 0 Å². The third-order valence-electron chi connectivity index (χ3n) is 2.79. The molecule has 5 heteroatoms. The van der Waals surface area contributed by atoms with E-state index < -0.39 is 0 Å². The summed E-state index contributed by atoms with van der Waals surface area (Å²) >= 11 is 5.86. The fourth-order valence-electron chi connectivity index (χ4n) is 1.76. The lowest BCUT2D eigenvalue weighted by molar-refractivity contribution is 0.0687. The Hall–Kier alpha value is -1.81. The normalized spacial score (nSPS) is 10.7. The molecule has 1 amide bonds. The Morgan fingerprint density at radius 3 is 2.74 bits per heavy atom. The molecule has 0 N–H and O–H groups in total. The zero-order valence-corrected chi connectivity index (χ0v) is 11.6. The van der Waals surface area contributed by atoms with E-state index in [-0.39, 0.29) is 17.2 Å². The van der Waals surface area contributed by atoms with Crippen LogP contribution in [0, 0.1) is 0 Å². The first kappa shape index (κ1) is 13.6. The lowest BCUT2D eigenvalue weighted by Gasteiger charge is -2.26. The summed E-state index contributed by atoms with van der Waals surface area (Å²) in [5, 5.41) is 0.122. The smallest absolute Gasteiger partial charge is 0.259 e. The van der Waals surface area contributed by atoms with Crippen molar-refractivity contribution in [2.75, 3.05) is 0 Å². The summed E-state index contributed by atoms with van der Waals surface area (Å²) < 4.78 is 4.97. The number of carbonyl (C=O) groups excluding carboxylic acids is 1. The molecule has 100 valence electrons. The minimum atomic E-state index is -0.153. The highest BCUT2D eigenvalue weighted by atomic mass is 35.5. The van der Waals surface area contributed by atoms with E-state index in [9.17, 15) is 4.79 Å². The minimum Gasteiger partial charge on any atom is -0.452 e. The summed E-state index contributed by atoms with van der Waals surface area (Å²) in [6.07, 6.45) is 3.12. The highest BCUT2D eigenvalue weighted by Crippen LogP contribution is 2.20. The van der Waals surface area contributed by atoms with Gasteiger partial charge in [0.25, 0.3) is 5.91 Å². The fraction of sp³-hybridized carbons (Fsp3) is 0.286. The topological polar surface area (TPSA) is 46.3 Å². The van der Waals surface area contributed by atoms with Crippen LogP contribution in [0.4, 0.5) is 0 Å². The van der Waals surface area contributed by atoms with E-state index in [0.717, 1.165) is 5.69 Å². The molecule has 0 saturated carbocycles. The fourth-order valence-corrected chi connectivity index (χ4v) is 1.95. The van der Waals surface area contributed by atoms with Crippen LogP contribution in [0.5, 0.6) is 0 Å². The highest BCUT2D eigenvalue weighted by molar-refractivity contribution is 6.32. The first-order chi connectivity index (χ1) is 9.09. The summed E-state index contributed by atoms with van der Waals surface area (Å²) in [5.74, 6) is -0.153. The van der Waals surface area contributed by atoms with Crippen molar-refractivity contribution in [2.24, 2.45) is 0 Å². The van der Waals surface area contributed by atoms with Crippen molar-refractivity contribution in [2.45, 2.75) is 26.4 Å². The second kappa shape index (κ2) is 5.89. The third-order valence-corrected chi connectivity index (χ3v) is 3.08. The van der Waals surface area contributed by atoms with E-state index in [1.165, 1.54) is 6.26 Å². The molecule has 0 aliphatic carbocycles. The SMILES string of the molecule is CC(C)N(Cc1ccccn1)C(=O)c1ccoc1Cl. The average Bonchev–Trinajstić information content (AvgIpc) is 2.82. The molecule has 2 rings (SSSR count). The van der Waals surface area contributed by atoms with Gasteiger partial charge in [-0.25, -0.2) is 0 Å². The molecule has 2 aromatic heterocycles.